The summed E-state index contributed by atoms with van der Waals surface area (Å²) in [5.41, 5.74) is 2.20. The highest BCUT2D eigenvalue weighted by molar-refractivity contribution is 9.10. The molecular weight excluding hydrogens is 390 g/mol. The van der Waals surface area contributed by atoms with Gasteiger partial charge in [-0.05, 0) is 52.2 Å². The highest BCUT2D eigenvalue weighted by Gasteiger charge is 2.19. The number of halogens is 1. The Labute approximate surface area is 153 Å². The molecule has 7 heteroatoms. The molecule has 6 nitrogen and oxygen atoms in total. The van der Waals surface area contributed by atoms with Gasteiger partial charge < -0.3 is 19.9 Å². The molecular formula is C18H18BrNO5. The van der Waals surface area contributed by atoms with Gasteiger partial charge in [0.1, 0.15) is 0 Å². The Kier molecular flexibility index (Phi) is 6.03. The molecule has 2 aromatic rings. The Bertz CT molecular complexity index is 802. The largest absolute Gasteiger partial charge is 0.493 e. The normalized spacial score (nSPS) is 10.2. The number of amides is 1. The molecule has 0 radical (unpaired) electrons. The zero-order valence-electron chi connectivity index (χ0n) is 14.1. The molecule has 0 aliphatic carbocycles. The van der Waals surface area contributed by atoms with E-state index in [0.717, 1.165) is 11.1 Å². The van der Waals surface area contributed by atoms with Crippen LogP contribution in [-0.4, -0.2) is 31.2 Å². The van der Waals surface area contributed by atoms with Crippen molar-refractivity contribution >= 4 is 27.8 Å². The van der Waals surface area contributed by atoms with Crippen LogP contribution in [-0.2, 0) is 6.54 Å². The summed E-state index contributed by atoms with van der Waals surface area (Å²) in [5, 5.41) is 11.7. The number of carbonyl (C=O) groups excluding carboxylic acids is 1. The first-order valence-electron chi connectivity index (χ1n) is 7.40. The molecule has 0 bridgehead atoms. The van der Waals surface area contributed by atoms with Gasteiger partial charge >= 0.3 is 5.97 Å². The average Bonchev–Trinajstić information content (AvgIpc) is 2.61. The van der Waals surface area contributed by atoms with Gasteiger partial charge in [-0.3, -0.25) is 4.79 Å². The SMILES string of the molecule is COc1cc(C(=O)NCc2ccc(C(=O)O)cc2)c(C)c(Br)c1OC. The Morgan fingerprint density at radius 1 is 1.16 bits per heavy atom. The van der Waals surface area contributed by atoms with Gasteiger partial charge in [-0.25, -0.2) is 4.79 Å². The molecule has 0 fully saturated rings. The first-order chi connectivity index (χ1) is 11.9. The molecule has 0 spiro atoms. The third kappa shape index (κ3) is 4.11. The lowest BCUT2D eigenvalue weighted by Crippen LogP contribution is -2.24. The Morgan fingerprint density at radius 2 is 1.80 bits per heavy atom. The topological polar surface area (TPSA) is 84.9 Å². The van der Waals surface area contributed by atoms with E-state index in [1.165, 1.54) is 26.4 Å². The van der Waals surface area contributed by atoms with E-state index in [1.54, 1.807) is 18.2 Å². The molecule has 0 aromatic heterocycles. The average molecular weight is 408 g/mol. The van der Waals surface area contributed by atoms with Gasteiger partial charge in [-0.2, -0.15) is 0 Å². The molecule has 0 aliphatic heterocycles. The molecule has 132 valence electrons. The lowest BCUT2D eigenvalue weighted by molar-refractivity contribution is 0.0696. The van der Waals surface area contributed by atoms with Crippen molar-refractivity contribution in [3.63, 3.8) is 0 Å². The lowest BCUT2D eigenvalue weighted by Gasteiger charge is -2.15. The van der Waals surface area contributed by atoms with E-state index in [1.807, 2.05) is 6.92 Å². The van der Waals surface area contributed by atoms with Crippen LogP contribution in [0.5, 0.6) is 11.5 Å². The minimum atomic E-state index is -0.985. The summed E-state index contributed by atoms with van der Waals surface area (Å²) in [5.74, 6) is -0.264. The van der Waals surface area contributed by atoms with Crippen molar-refractivity contribution in [2.45, 2.75) is 13.5 Å². The summed E-state index contributed by atoms with van der Waals surface area (Å²) < 4.78 is 11.2. The maximum atomic E-state index is 12.5. The molecule has 0 saturated carbocycles. The van der Waals surface area contributed by atoms with Gasteiger partial charge in [0.25, 0.3) is 5.91 Å². The third-order valence-electron chi connectivity index (χ3n) is 3.75. The van der Waals surface area contributed by atoms with E-state index in [9.17, 15) is 9.59 Å². The monoisotopic (exact) mass is 407 g/mol. The predicted octanol–water partition coefficient (Wildman–Crippen LogP) is 3.40. The van der Waals surface area contributed by atoms with Crippen molar-refractivity contribution in [1.29, 1.82) is 0 Å². The molecule has 2 aromatic carbocycles. The molecule has 2 rings (SSSR count). The molecule has 0 aliphatic rings. The number of hydrogen-bond acceptors (Lipinski definition) is 4. The van der Waals surface area contributed by atoms with Gasteiger partial charge in [0, 0.05) is 12.1 Å². The fourth-order valence-corrected chi connectivity index (χ4v) is 2.89. The summed E-state index contributed by atoms with van der Waals surface area (Å²) in [7, 11) is 3.04. The number of ether oxygens (including phenoxy) is 2. The fourth-order valence-electron chi connectivity index (χ4n) is 2.32. The number of carbonyl (C=O) groups is 2. The van der Waals surface area contributed by atoms with Crippen LogP contribution in [0.15, 0.2) is 34.8 Å². The van der Waals surface area contributed by atoms with Crippen LogP contribution in [0.1, 0.15) is 31.8 Å². The predicted molar refractivity (Wildman–Crippen MR) is 96.6 cm³/mol. The van der Waals surface area contributed by atoms with Crippen LogP contribution in [0, 0.1) is 6.92 Å². The second-order valence-electron chi connectivity index (χ2n) is 5.28. The van der Waals surface area contributed by atoms with E-state index < -0.39 is 5.97 Å². The Balaban J connectivity index is 2.18. The summed E-state index contributed by atoms with van der Waals surface area (Å²) in [4.78, 5) is 23.4. The highest BCUT2D eigenvalue weighted by atomic mass is 79.9. The Hall–Kier alpha value is -2.54. The maximum Gasteiger partial charge on any atom is 0.335 e. The van der Waals surface area contributed by atoms with Crippen LogP contribution < -0.4 is 14.8 Å². The van der Waals surface area contributed by atoms with Gasteiger partial charge in [0.05, 0.1) is 24.3 Å². The first kappa shape index (κ1) is 18.8. The Morgan fingerprint density at radius 3 is 2.32 bits per heavy atom. The van der Waals surface area contributed by atoms with Crippen LogP contribution in [0.25, 0.3) is 0 Å². The smallest absolute Gasteiger partial charge is 0.335 e. The zero-order valence-corrected chi connectivity index (χ0v) is 15.6. The second-order valence-corrected chi connectivity index (χ2v) is 6.08. The van der Waals surface area contributed by atoms with E-state index >= 15 is 0 Å². The van der Waals surface area contributed by atoms with E-state index in [4.69, 9.17) is 14.6 Å². The van der Waals surface area contributed by atoms with Crippen LogP contribution >= 0.6 is 15.9 Å². The molecule has 0 unspecified atom stereocenters. The van der Waals surface area contributed by atoms with Crippen molar-refractivity contribution in [1.82, 2.24) is 5.32 Å². The van der Waals surface area contributed by atoms with Crippen LogP contribution in [0.4, 0.5) is 0 Å². The van der Waals surface area contributed by atoms with Crippen LogP contribution in [0.2, 0.25) is 0 Å². The number of aromatic carboxylic acids is 1. The number of benzene rings is 2. The summed E-state index contributed by atoms with van der Waals surface area (Å²) >= 11 is 3.43. The van der Waals surface area contributed by atoms with Crippen LogP contribution in [0.3, 0.4) is 0 Å². The quantitative estimate of drug-likeness (QED) is 0.766. The number of nitrogens with one attached hydrogen (secondary N) is 1. The zero-order chi connectivity index (χ0) is 18.6. The number of carboxylic acid groups (broad SMARTS) is 1. The van der Waals surface area contributed by atoms with Crippen molar-refractivity contribution < 1.29 is 24.2 Å². The molecule has 25 heavy (non-hydrogen) atoms. The van der Waals surface area contributed by atoms with Crippen molar-refractivity contribution in [2.75, 3.05) is 14.2 Å². The standard InChI is InChI=1S/C18H18BrNO5/c1-10-13(8-14(24-2)16(25-3)15(10)19)17(21)20-9-11-4-6-12(7-5-11)18(22)23/h4-8H,9H2,1-3H3,(H,20,21)(H,22,23). The number of methoxy groups -OCH3 is 2. The van der Waals surface area contributed by atoms with E-state index in [2.05, 4.69) is 21.2 Å². The summed E-state index contributed by atoms with van der Waals surface area (Å²) in [6, 6.07) is 7.97. The van der Waals surface area contributed by atoms with Gasteiger partial charge in [0.2, 0.25) is 0 Å². The number of rotatable bonds is 6. The first-order valence-corrected chi connectivity index (χ1v) is 8.19. The molecule has 0 saturated heterocycles. The number of carboxylic acids is 1. The van der Waals surface area contributed by atoms with Gasteiger partial charge in [0.15, 0.2) is 11.5 Å². The van der Waals surface area contributed by atoms with Gasteiger partial charge in [-0.1, -0.05) is 12.1 Å². The summed E-state index contributed by atoms with van der Waals surface area (Å²) in [6.45, 7) is 2.09. The minimum absolute atomic E-state index is 0.203. The molecule has 2 N–H and O–H groups in total. The van der Waals surface area contributed by atoms with Crippen molar-refractivity contribution in [3.8, 4) is 11.5 Å². The van der Waals surface area contributed by atoms with Gasteiger partial charge in [-0.15, -0.1) is 0 Å². The fraction of sp³-hybridized carbons (Fsp3) is 0.222. The van der Waals surface area contributed by atoms with Crippen molar-refractivity contribution in [3.05, 3.63) is 57.1 Å². The maximum absolute atomic E-state index is 12.5. The van der Waals surface area contributed by atoms with Crippen molar-refractivity contribution in [2.24, 2.45) is 0 Å². The van der Waals surface area contributed by atoms with E-state index in [-0.39, 0.29) is 18.0 Å². The van der Waals surface area contributed by atoms with E-state index in [0.29, 0.717) is 21.5 Å². The third-order valence-corrected chi connectivity index (χ3v) is 4.71. The second kappa shape index (κ2) is 8.02. The minimum Gasteiger partial charge on any atom is -0.493 e. The molecule has 0 heterocycles. The number of hydrogen-bond donors (Lipinski definition) is 2. The summed E-state index contributed by atoms with van der Waals surface area (Å²) in [6.07, 6.45) is 0. The highest BCUT2D eigenvalue weighted by Crippen LogP contribution is 2.39. The lowest BCUT2D eigenvalue weighted by atomic mass is 10.1. The molecule has 0 atom stereocenters. The molecule has 1 amide bonds.